The van der Waals surface area contributed by atoms with Crippen molar-refractivity contribution >= 4 is 11.6 Å². The third-order valence-electron chi connectivity index (χ3n) is 3.22. The lowest BCUT2D eigenvalue weighted by molar-refractivity contribution is -0.115. The third-order valence-corrected chi connectivity index (χ3v) is 3.22. The van der Waals surface area contributed by atoms with Crippen LogP contribution < -0.4 is 10.6 Å². The predicted molar refractivity (Wildman–Crippen MR) is 73.0 cm³/mol. The number of carbonyl (C=O) groups excluding carboxylic acids is 1. The topological polar surface area (TPSA) is 61.4 Å². The number of benzene rings is 2. The van der Waals surface area contributed by atoms with Crippen molar-refractivity contribution in [3.8, 4) is 5.75 Å². The molecule has 4 heteroatoms. The van der Waals surface area contributed by atoms with Gasteiger partial charge in [-0.05, 0) is 23.8 Å². The lowest BCUT2D eigenvalue weighted by atomic mass is 9.97. The monoisotopic (exact) mass is 254 g/mol. The summed E-state index contributed by atoms with van der Waals surface area (Å²) in [5, 5.41) is 15.7. The molecule has 19 heavy (non-hydrogen) atoms. The molecule has 3 N–H and O–H groups in total. The van der Waals surface area contributed by atoms with Crippen LogP contribution in [-0.2, 0) is 4.79 Å². The van der Waals surface area contributed by atoms with E-state index in [1.54, 1.807) is 18.2 Å². The summed E-state index contributed by atoms with van der Waals surface area (Å²) in [7, 11) is 0. The minimum absolute atomic E-state index is 0.0784. The number of nitrogens with one attached hydrogen (secondary N) is 2. The van der Waals surface area contributed by atoms with Gasteiger partial charge in [-0.15, -0.1) is 0 Å². The van der Waals surface area contributed by atoms with E-state index < -0.39 is 0 Å². The Morgan fingerprint density at radius 1 is 1.11 bits per heavy atom. The molecule has 2 aromatic rings. The number of carbonyl (C=O) groups is 1. The smallest absolute Gasteiger partial charge is 0.238 e. The van der Waals surface area contributed by atoms with Crippen molar-refractivity contribution in [1.82, 2.24) is 5.32 Å². The molecule has 1 atom stereocenters. The molecule has 0 aromatic heterocycles. The van der Waals surface area contributed by atoms with Gasteiger partial charge in [0.2, 0.25) is 5.91 Å². The van der Waals surface area contributed by atoms with Crippen LogP contribution >= 0.6 is 0 Å². The Hall–Kier alpha value is -2.33. The summed E-state index contributed by atoms with van der Waals surface area (Å²) in [6.07, 6.45) is 0. The van der Waals surface area contributed by atoms with Gasteiger partial charge in [0.1, 0.15) is 5.75 Å². The first-order valence-electron chi connectivity index (χ1n) is 6.15. The third kappa shape index (κ3) is 2.30. The number of anilines is 1. The molecule has 0 fully saturated rings. The van der Waals surface area contributed by atoms with Crippen LogP contribution in [0.2, 0.25) is 0 Å². The molecule has 2 aromatic carbocycles. The lowest BCUT2D eigenvalue weighted by Gasteiger charge is -2.18. The summed E-state index contributed by atoms with van der Waals surface area (Å²) < 4.78 is 0. The second-order valence-electron chi connectivity index (χ2n) is 4.54. The number of phenolic OH excluding ortho intramolecular Hbond substituents is 1. The van der Waals surface area contributed by atoms with E-state index in [1.165, 1.54) is 0 Å². The number of amides is 1. The van der Waals surface area contributed by atoms with Crippen molar-refractivity contribution in [3.05, 3.63) is 59.7 Å². The van der Waals surface area contributed by atoms with Gasteiger partial charge in [-0.1, -0.05) is 30.3 Å². The molecule has 0 spiro atoms. The highest BCUT2D eigenvalue weighted by molar-refractivity contribution is 5.94. The van der Waals surface area contributed by atoms with Gasteiger partial charge in [-0.3, -0.25) is 10.1 Å². The molecule has 0 aliphatic carbocycles. The fourth-order valence-electron chi connectivity index (χ4n) is 2.34. The maximum Gasteiger partial charge on any atom is 0.238 e. The zero-order chi connectivity index (χ0) is 13.2. The molecule has 0 saturated carbocycles. The molecule has 0 radical (unpaired) electrons. The van der Waals surface area contributed by atoms with Crippen LogP contribution in [0.3, 0.4) is 0 Å². The number of fused-ring (bicyclic) bond motifs is 1. The van der Waals surface area contributed by atoms with Crippen LogP contribution in [0.15, 0.2) is 48.5 Å². The maximum atomic E-state index is 11.7. The first kappa shape index (κ1) is 11.7. The van der Waals surface area contributed by atoms with Gasteiger partial charge in [-0.2, -0.15) is 0 Å². The minimum atomic E-state index is -0.109. The van der Waals surface area contributed by atoms with Crippen LogP contribution in [0, 0.1) is 0 Å². The van der Waals surface area contributed by atoms with Crippen molar-refractivity contribution in [3.63, 3.8) is 0 Å². The number of hydrogen-bond acceptors (Lipinski definition) is 3. The zero-order valence-corrected chi connectivity index (χ0v) is 10.3. The van der Waals surface area contributed by atoms with Gasteiger partial charge in [0.05, 0.1) is 12.6 Å². The fourth-order valence-corrected chi connectivity index (χ4v) is 2.34. The summed E-state index contributed by atoms with van der Waals surface area (Å²) in [4.78, 5) is 11.7. The zero-order valence-electron chi connectivity index (χ0n) is 10.3. The van der Waals surface area contributed by atoms with Gasteiger partial charge in [0.15, 0.2) is 0 Å². The Kier molecular flexibility index (Phi) is 2.93. The Morgan fingerprint density at radius 2 is 1.89 bits per heavy atom. The van der Waals surface area contributed by atoms with Gasteiger partial charge >= 0.3 is 0 Å². The number of aromatic hydroxyl groups is 1. The number of rotatable bonds is 1. The Labute approximate surface area is 111 Å². The Balaban J connectivity index is 2.11. The van der Waals surface area contributed by atoms with E-state index in [0.717, 1.165) is 16.8 Å². The quantitative estimate of drug-likeness (QED) is 0.682. The van der Waals surface area contributed by atoms with Gasteiger partial charge in [0.25, 0.3) is 0 Å². The van der Waals surface area contributed by atoms with E-state index in [0.29, 0.717) is 0 Å². The molecular formula is C15H14N2O2. The van der Waals surface area contributed by atoms with E-state index in [-0.39, 0.29) is 24.2 Å². The van der Waals surface area contributed by atoms with Crippen molar-refractivity contribution in [2.75, 3.05) is 11.9 Å². The molecule has 0 saturated heterocycles. The van der Waals surface area contributed by atoms with Crippen molar-refractivity contribution < 1.29 is 9.90 Å². The first-order valence-corrected chi connectivity index (χ1v) is 6.15. The normalized spacial score (nSPS) is 18.3. The summed E-state index contributed by atoms with van der Waals surface area (Å²) >= 11 is 0. The predicted octanol–water partition coefficient (Wildman–Crippen LogP) is 2.02. The molecule has 1 heterocycles. The number of phenols is 1. The maximum absolute atomic E-state index is 11.7. The highest BCUT2D eigenvalue weighted by Gasteiger charge is 2.22. The molecule has 0 bridgehead atoms. The second kappa shape index (κ2) is 4.74. The lowest BCUT2D eigenvalue weighted by Crippen LogP contribution is -2.27. The SMILES string of the molecule is O=C1CNC(c2ccccc2)c2cc(O)ccc2N1. The van der Waals surface area contributed by atoms with Crippen molar-refractivity contribution in [2.45, 2.75) is 6.04 Å². The van der Waals surface area contributed by atoms with E-state index in [1.807, 2.05) is 30.3 Å². The summed E-state index contributed by atoms with van der Waals surface area (Å²) in [5.74, 6) is 0.114. The van der Waals surface area contributed by atoms with E-state index in [4.69, 9.17) is 0 Å². The molecule has 3 rings (SSSR count). The Morgan fingerprint density at radius 3 is 2.68 bits per heavy atom. The molecule has 4 nitrogen and oxygen atoms in total. The van der Waals surface area contributed by atoms with Crippen LogP contribution in [-0.4, -0.2) is 17.6 Å². The highest BCUT2D eigenvalue weighted by atomic mass is 16.3. The summed E-state index contributed by atoms with van der Waals surface area (Å²) in [5.41, 5.74) is 2.67. The average Bonchev–Trinajstić information content (AvgIpc) is 2.58. The van der Waals surface area contributed by atoms with Gasteiger partial charge < -0.3 is 10.4 Å². The second-order valence-corrected chi connectivity index (χ2v) is 4.54. The summed E-state index contributed by atoms with van der Waals surface area (Å²) in [6.45, 7) is 0.245. The van der Waals surface area contributed by atoms with Crippen molar-refractivity contribution in [1.29, 1.82) is 0 Å². The summed E-state index contributed by atoms with van der Waals surface area (Å²) in [6, 6.07) is 14.8. The molecule has 1 aliphatic rings. The van der Waals surface area contributed by atoms with Crippen LogP contribution in [0.4, 0.5) is 5.69 Å². The van der Waals surface area contributed by atoms with E-state index in [2.05, 4.69) is 10.6 Å². The largest absolute Gasteiger partial charge is 0.508 e. The molecule has 96 valence electrons. The Bertz CT molecular complexity index is 611. The van der Waals surface area contributed by atoms with Crippen LogP contribution in [0.1, 0.15) is 17.2 Å². The first-order chi connectivity index (χ1) is 9.24. The van der Waals surface area contributed by atoms with E-state index >= 15 is 0 Å². The highest BCUT2D eigenvalue weighted by Crippen LogP contribution is 2.32. The van der Waals surface area contributed by atoms with E-state index in [9.17, 15) is 9.90 Å². The average molecular weight is 254 g/mol. The van der Waals surface area contributed by atoms with Crippen molar-refractivity contribution in [2.24, 2.45) is 0 Å². The minimum Gasteiger partial charge on any atom is -0.508 e. The molecular weight excluding hydrogens is 240 g/mol. The van der Waals surface area contributed by atoms with Gasteiger partial charge in [-0.25, -0.2) is 0 Å². The standard InChI is InChI=1S/C15H14N2O2/c18-11-6-7-13-12(8-11)15(16-9-14(19)17-13)10-4-2-1-3-5-10/h1-8,15-16,18H,9H2,(H,17,19). The number of hydrogen-bond donors (Lipinski definition) is 3. The van der Waals surface area contributed by atoms with Crippen LogP contribution in [0.25, 0.3) is 0 Å². The van der Waals surface area contributed by atoms with Crippen LogP contribution in [0.5, 0.6) is 5.75 Å². The molecule has 1 amide bonds. The molecule has 1 unspecified atom stereocenters. The fraction of sp³-hybridized carbons (Fsp3) is 0.133. The van der Waals surface area contributed by atoms with Gasteiger partial charge in [0, 0.05) is 11.3 Å². The molecule has 1 aliphatic heterocycles.